The van der Waals surface area contributed by atoms with E-state index in [1.165, 1.54) is 33.7 Å². The Morgan fingerprint density at radius 3 is 2.76 bits per heavy atom. The van der Waals surface area contributed by atoms with Gasteiger partial charge >= 0.3 is 0 Å². The van der Waals surface area contributed by atoms with E-state index in [0.29, 0.717) is 5.16 Å². The fraction of sp³-hybridized carbons (Fsp3) is 0.158. The molecule has 1 N–H and O–H groups in total. The molecule has 1 aliphatic rings. The zero-order valence-corrected chi connectivity index (χ0v) is 14.3. The monoisotopic (exact) mass is 348 g/mol. The lowest BCUT2D eigenvalue weighted by molar-refractivity contribution is -0.118. The number of hydrogen-bond acceptors (Lipinski definition) is 5. The number of aryl methyl sites for hydroxylation is 2. The summed E-state index contributed by atoms with van der Waals surface area (Å²) in [4.78, 5) is 20.0. The number of nitrogens with zero attached hydrogens (tertiary/aromatic N) is 3. The first-order valence-corrected chi connectivity index (χ1v) is 9.05. The van der Waals surface area contributed by atoms with Crippen molar-refractivity contribution in [3.05, 3.63) is 65.5 Å². The molecule has 1 aromatic heterocycles. The van der Waals surface area contributed by atoms with E-state index >= 15 is 0 Å². The molecule has 6 heteroatoms. The second-order valence-electron chi connectivity index (χ2n) is 5.77. The van der Waals surface area contributed by atoms with Gasteiger partial charge in [0, 0.05) is 18.0 Å². The molecule has 0 saturated heterocycles. The van der Waals surface area contributed by atoms with Crippen molar-refractivity contribution in [1.29, 1.82) is 0 Å². The molecule has 1 heterocycles. The smallest absolute Gasteiger partial charge is 0.250 e. The highest BCUT2D eigenvalue weighted by molar-refractivity contribution is 7.99. The number of hydrogen-bond donors (Lipinski definition) is 1. The van der Waals surface area contributed by atoms with Crippen molar-refractivity contribution in [1.82, 2.24) is 15.4 Å². The van der Waals surface area contributed by atoms with Crippen LogP contribution in [0, 0.1) is 0 Å². The SMILES string of the molecule is O=C(CSc1ncccn1)N/N=C\c1ccc2c3c(cccc13)CC2. The number of hydrazone groups is 1. The van der Waals surface area contributed by atoms with Crippen molar-refractivity contribution >= 4 is 34.7 Å². The van der Waals surface area contributed by atoms with Crippen molar-refractivity contribution < 1.29 is 4.79 Å². The summed E-state index contributed by atoms with van der Waals surface area (Å²) in [5.41, 5.74) is 6.37. The number of nitrogens with one attached hydrogen (secondary N) is 1. The van der Waals surface area contributed by atoms with Crippen LogP contribution in [0.4, 0.5) is 0 Å². The predicted molar refractivity (Wildman–Crippen MR) is 99.8 cm³/mol. The van der Waals surface area contributed by atoms with Gasteiger partial charge in [0.15, 0.2) is 5.16 Å². The molecule has 5 nitrogen and oxygen atoms in total. The number of rotatable bonds is 5. The first-order valence-electron chi connectivity index (χ1n) is 8.06. The maximum Gasteiger partial charge on any atom is 0.250 e. The second kappa shape index (κ2) is 7.03. The molecule has 124 valence electrons. The second-order valence-corrected chi connectivity index (χ2v) is 6.71. The third-order valence-corrected chi connectivity index (χ3v) is 5.05. The summed E-state index contributed by atoms with van der Waals surface area (Å²) in [6.07, 6.45) is 7.22. The highest BCUT2D eigenvalue weighted by Crippen LogP contribution is 2.32. The van der Waals surface area contributed by atoms with Crippen molar-refractivity contribution in [2.45, 2.75) is 18.0 Å². The number of carbonyl (C=O) groups excluding carboxylic acids is 1. The summed E-state index contributed by atoms with van der Waals surface area (Å²) in [6, 6.07) is 12.3. The molecular formula is C19H16N4OS. The average Bonchev–Trinajstić information content (AvgIpc) is 3.08. The van der Waals surface area contributed by atoms with E-state index < -0.39 is 0 Å². The molecule has 25 heavy (non-hydrogen) atoms. The van der Waals surface area contributed by atoms with Crippen LogP contribution in [0.5, 0.6) is 0 Å². The van der Waals surface area contributed by atoms with Crippen LogP contribution in [0.1, 0.15) is 16.7 Å². The van der Waals surface area contributed by atoms with E-state index in [9.17, 15) is 4.79 Å². The van der Waals surface area contributed by atoms with E-state index in [1.807, 2.05) is 0 Å². The van der Waals surface area contributed by atoms with Gasteiger partial charge in [0.2, 0.25) is 0 Å². The molecule has 0 atom stereocenters. The normalized spacial score (nSPS) is 12.8. The van der Waals surface area contributed by atoms with Crippen LogP contribution < -0.4 is 5.43 Å². The Bertz CT molecular complexity index is 946. The minimum atomic E-state index is -0.181. The van der Waals surface area contributed by atoms with Crippen molar-refractivity contribution in [3.63, 3.8) is 0 Å². The molecule has 1 aliphatic carbocycles. The molecule has 0 saturated carbocycles. The highest BCUT2D eigenvalue weighted by atomic mass is 32.2. The lowest BCUT2D eigenvalue weighted by atomic mass is 10.0. The average molecular weight is 348 g/mol. The largest absolute Gasteiger partial charge is 0.272 e. The van der Waals surface area contributed by atoms with Crippen molar-refractivity contribution in [3.8, 4) is 0 Å². The van der Waals surface area contributed by atoms with Gasteiger partial charge in [-0.3, -0.25) is 4.79 Å². The van der Waals surface area contributed by atoms with Crippen molar-refractivity contribution in [2.75, 3.05) is 5.75 Å². The molecule has 3 aromatic rings. The summed E-state index contributed by atoms with van der Waals surface area (Å²) in [7, 11) is 0. The molecule has 0 radical (unpaired) electrons. The minimum Gasteiger partial charge on any atom is -0.272 e. The number of thioether (sulfide) groups is 1. The number of amides is 1. The fourth-order valence-electron chi connectivity index (χ4n) is 3.08. The maximum atomic E-state index is 11.9. The summed E-state index contributed by atoms with van der Waals surface area (Å²) < 4.78 is 0. The quantitative estimate of drug-likeness (QED) is 0.333. The Morgan fingerprint density at radius 2 is 1.92 bits per heavy atom. The number of carbonyl (C=O) groups is 1. The van der Waals surface area contributed by atoms with Gasteiger partial charge in [-0.05, 0) is 40.8 Å². The molecule has 1 amide bonds. The third kappa shape index (κ3) is 3.39. The van der Waals surface area contributed by atoms with Crippen LogP contribution in [-0.2, 0) is 17.6 Å². The van der Waals surface area contributed by atoms with Gasteiger partial charge in [-0.25, -0.2) is 15.4 Å². The van der Waals surface area contributed by atoms with Crippen LogP contribution in [0.25, 0.3) is 10.8 Å². The van der Waals surface area contributed by atoms with Crippen LogP contribution in [-0.4, -0.2) is 27.8 Å². The fourth-order valence-corrected chi connectivity index (χ4v) is 3.67. The van der Waals surface area contributed by atoms with E-state index in [2.05, 4.69) is 50.8 Å². The standard InChI is InChI=1S/C19H16N4OS/c24-17(12-25-19-20-9-2-10-21-19)23-22-11-15-8-7-14-6-5-13-3-1-4-16(15)18(13)14/h1-4,7-11H,5-6,12H2,(H,23,24)/b22-11-. The Morgan fingerprint density at radius 1 is 1.12 bits per heavy atom. The molecule has 0 fully saturated rings. The Labute approximate surface area is 149 Å². The Kier molecular flexibility index (Phi) is 4.43. The van der Waals surface area contributed by atoms with E-state index in [-0.39, 0.29) is 11.7 Å². The summed E-state index contributed by atoms with van der Waals surface area (Å²) in [5.74, 6) is 0.0465. The topological polar surface area (TPSA) is 67.2 Å². The number of aromatic nitrogens is 2. The Balaban J connectivity index is 1.43. The first-order chi connectivity index (χ1) is 12.3. The van der Waals surface area contributed by atoms with Crippen molar-refractivity contribution in [2.24, 2.45) is 5.10 Å². The highest BCUT2D eigenvalue weighted by Gasteiger charge is 2.14. The summed E-state index contributed by atoms with van der Waals surface area (Å²) in [5, 5.41) is 7.22. The first kappa shape index (κ1) is 15.8. The number of benzene rings is 2. The molecule has 4 rings (SSSR count). The van der Waals surface area contributed by atoms with E-state index in [4.69, 9.17) is 0 Å². The molecule has 0 bridgehead atoms. The molecule has 0 spiro atoms. The van der Waals surface area contributed by atoms with Gasteiger partial charge < -0.3 is 0 Å². The van der Waals surface area contributed by atoms with Gasteiger partial charge in [-0.2, -0.15) is 5.10 Å². The zero-order valence-electron chi connectivity index (χ0n) is 13.5. The van der Waals surface area contributed by atoms with Gasteiger partial charge in [-0.1, -0.05) is 42.1 Å². The summed E-state index contributed by atoms with van der Waals surface area (Å²) >= 11 is 1.28. The van der Waals surface area contributed by atoms with E-state index in [1.54, 1.807) is 24.7 Å². The lowest BCUT2D eigenvalue weighted by Crippen LogP contribution is -2.19. The van der Waals surface area contributed by atoms with Gasteiger partial charge in [-0.15, -0.1) is 0 Å². The Hall–Kier alpha value is -2.73. The van der Waals surface area contributed by atoms with Crippen LogP contribution in [0.3, 0.4) is 0 Å². The maximum absolute atomic E-state index is 11.9. The van der Waals surface area contributed by atoms with Crippen LogP contribution in [0.15, 0.2) is 59.0 Å². The van der Waals surface area contributed by atoms with Gasteiger partial charge in [0.05, 0.1) is 12.0 Å². The van der Waals surface area contributed by atoms with E-state index in [0.717, 1.165) is 18.4 Å². The third-order valence-electron chi connectivity index (χ3n) is 4.18. The molecule has 0 aliphatic heterocycles. The van der Waals surface area contributed by atoms with Crippen LogP contribution in [0.2, 0.25) is 0 Å². The van der Waals surface area contributed by atoms with Gasteiger partial charge in [0.25, 0.3) is 5.91 Å². The summed E-state index contributed by atoms with van der Waals surface area (Å²) in [6.45, 7) is 0. The molecule has 2 aromatic carbocycles. The molecule has 0 unspecified atom stereocenters. The molecular weight excluding hydrogens is 332 g/mol. The van der Waals surface area contributed by atoms with Gasteiger partial charge in [0.1, 0.15) is 0 Å². The lowest BCUT2D eigenvalue weighted by Gasteiger charge is -2.05. The predicted octanol–water partition coefficient (Wildman–Crippen LogP) is 2.97. The van der Waals surface area contributed by atoms with Crippen LogP contribution >= 0.6 is 11.8 Å². The zero-order chi connectivity index (χ0) is 17.1. The minimum absolute atomic E-state index is 0.181.